The van der Waals surface area contributed by atoms with Crippen molar-refractivity contribution in [2.45, 2.75) is 0 Å². The van der Waals surface area contributed by atoms with E-state index in [1.54, 1.807) is 0 Å². The van der Waals surface area contributed by atoms with E-state index in [9.17, 15) is 0 Å². The Morgan fingerprint density at radius 2 is 0.846 bits per heavy atom. The van der Waals surface area contributed by atoms with Gasteiger partial charge in [-0.05, 0) is 59.7 Å². The van der Waals surface area contributed by atoms with E-state index in [1.165, 1.54) is 49.2 Å². The first-order chi connectivity index (χ1) is 25.8. The highest BCUT2D eigenvalue weighted by atomic mass is 31.1. The van der Waals surface area contributed by atoms with Crippen LogP contribution in [0.25, 0.3) is 73.1 Å². The summed E-state index contributed by atoms with van der Waals surface area (Å²) in [5, 5.41) is 5.34. The third-order valence-electron chi connectivity index (χ3n) is 9.79. The average molecular weight is 683 g/mol. The van der Waals surface area contributed by atoms with Crippen molar-refractivity contribution in [1.29, 1.82) is 0 Å². The lowest BCUT2D eigenvalue weighted by atomic mass is 9.98. The minimum absolute atomic E-state index is 0.642. The predicted molar refractivity (Wildman–Crippen MR) is 216 cm³/mol. The molecule has 9 aromatic rings. The summed E-state index contributed by atoms with van der Waals surface area (Å²) in [5.74, 6) is 1.95. The van der Waals surface area contributed by atoms with E-state index in [2.05, 4.69) is 132 Å². The summed E-state index contributed by atoms with van der Waals surface area (Å²) in [6.45, 7) is 0. The molecule has 1 atom stereocenters. The summed E-state index contributed by atoms with van der Waals surface area (Å²) in [6, 6.07) is 66.8. The normalized spacial score (nSPS) is 13.2. The van der Waals surface area contributed by atoms with Crippen LogP contribution in [0.15, 0.2) is 188 Å². The summed E-state index contributed by atoms with van der Waals surface area (Å²) in [7, 11) is -0.799. The summed E-state index contributed by atoms with van der Waals surface area (Å²) < 4.78 is 2.45. The maximum absolute atomic E-state index is 4.99. The molecule has 4 nitrogen and oxygen atoms in total. The van der Waals surface area contributed by atoms with Crippen molar-refractivity contribution in [3.05, 3.63) is 188 Å². The van der Waals surface area contributed by atoms with Crippen molar-refractivity contribution in [2.75, 3.05) is 0 Å². The fourth-order valence-electron chi connectivity index (χ4n) is 7.47. The van der Waals surface area contributed by atoms with Crippen LogP contribution in [0, 0.1) is 0 Å². The van der Waals surface area contributed by atoms with Gasteiger partial charge < -0.3 is 4.57 Å². The van der Waals surface area contributed by atoms with E-state index in [0.29, 0.717) is 17.5 Å². The molecule has 2 aromatic heterocycles. The number of para-hydroxylation sites is 1. The third kappa shape index (κ3) is 5.07. The lowest BCUT2D eigenvalue weighted by molar-refractivity contribution is 1.07. The minimum Gasteiger partial charge on any atom is -0.309 e. The number of aromatic nitrogens is 4. The second kappa shape index (κ2) is 12.7. The van der Waals surface area contributed by atoms with Gasteiger partial charge in [-0.15, -0.1) is 0 Å². The molecule has 0 saturated carbocycles. The molecule has 0 aliphatic carbocycles. The Morgan fingerprint density at radius 3 is 1.46 bits per heavy atom. The van der Waals surface area contributed by atoms with Crippen molar-refractivity contribution < 1.29 is 0 Å². The number of hydrogen-bond acceptors (Lipinski definition) is 3. The first-order valence-electron chi connectivity index (χ1n) is 17.5. The van der Waals surface area contributed by atoms with Crippen molar-refractivity contribution in [2.24, 2.45) is 0 Å². The zero-order chi connectivity index (χ0) is 34.4. The second-order valence-corrected chi connectivity index (χ2v) is 15.0. The lowest BCUT2D eigenvalue weighted by Crippen LogP contribution is -2.22. The summed E-state index contributed by atoms with van der Waals surface area (Å²) >= 11 is 0. The van der Waals surface area contributed by atoms with Gasteiger partial charge in [0, 0.05) is 38.9 Å². The van der Waals surface area contributed by atoms with Gasteiger partial charge in [-0.25, -0.2) is 15.0 Å². The molecule has 0 saturated heterocycles. The van der Waals surface area contributed by atoms with Gasteiger partial charge in [0.25, 0.3) is 0 Å². The molecule has 0 spiro atoms. The molecule has 0 fully saturated rings. The molecule has 0 radical (unpaired) electrons. The van der Waals surface area contributed by atoms with E-state index in [4.69, 9.17) is 15.0 Å². The van der Waals surface area contributed by atoms with Crippen LogP contribution in [0.2, 0.25) is 0 Å². The van der Waals surface area contributed by atoms with Crippen LogP contribution in [0.4, 0.5) is 0 Å². The Kier molecular flexibility index (Phi) is 7.41. The van der Waals surface area contributed by atoms with E-state index in [1.807, 2.05) is 60.7 Å². The fourth-order valence-corrected chi connectivity index (χ4v) is 10.1. The van der Waals surface area contributed by atoms with Crippen LogP contribution in [0.5, 0.6) is 0 Å². The Morgan fingerprint density at radius 1 is 0.385 bits per heavy atom. The molecule has 10 rings (SSSR count). The number of hydrogen-bond donors (Lipinski definition) is 0. The standard InChI is InChI=1S/C47H31N4P/c1-4-16-32(17-5-1)45-48-46(33-18-6-2-7-19-33)50-47(49-45)34-28-30-35(31-29-34)51-40-25-13-10-22-37(40)43-38-23-11-14-26-41(38)52(36-20-8-3-9-21-36)42-27-15-12-24-39(42)44(43)51/h1-31H. The Labute approximate surface area is 303 Å². The van der Waals surface area contributed by atoms with Crippen LogP contribution in [0.3, 0.4) is 0 Å². The highest BCUT2D eigenvalue weighted by Crippen LogP contribution is 2.50. The van der Waals surface area contributed by atoms with Crippen LogP contribution in [0.1, 0.15) is 0 Å². The summed E-state index contributed by atoms with van der Waals surface area (Å²) in [6.07, 6.45) is 0. The highest BCUT2D eigenvalue weighted by molar-refractivity contribution is 7.80. The Balaban J connectivity index is 1.18. The van der Waals surface area contributed by atoms with Crippen molar-refractivity contribution in [3.8, 4) is 62.2 Å². The van der Waals surface area contributed by atoms with Gasteiger partial charge in [0.05, 0.1) is 11.2 Å². The number of fused-ring (bicyclic) bond motifs is 7. The number of nitrogens with zero attached hydrogens (tertiary/aromatic N) is 4. The van der Waals surface area contributed by atoms with Gasteiger partial charge in [0.1, 0.15) is 0 Å². The van der Waals surface area contributed by atoms with Crippen LogP contribution in [-0.2, 0) is 0 Å². The molecule has 7 aromatic carbocycles. The van der Waals surface area contributed by atoms with Gasteiger partial charge in [-0.3, -0.25) is 0 Å². The molecular weight excluding hydrogens is 652 g/mol. The molecule has 52 heavy (non-hydrogen) atoms. The SMILES string of the molecule is c1ccc(-c2nc(-c3ccccc3)nc(-c3ccc(-n4c5c(c6ccccc64)-c4ccccc4P(c4ccccc4)c4ccccc4-5)cc3)n2)cc1. The van der Waals surface area contributed by atoms with Gasteiger partial charge >= 0.3 is 0 Å². The second-order valence-electron chi connectivity index (χ2n) is 12.9. The maximum atomic E-state index is 4.99. The van der Waals surface area contributed by atoms with Crippen LogP contribution in [-0.4, -0.2) is 19.5 Å². The Bertz CT molecular complexity index is 2670. The first kappa shape index (κ1) is 30.4. The van der Waals surface area contributed by atoms with Crippen molar-refractivity contribution in [3.63, 3.8) is 0 Å². The molecule has 1 aliphatic heterocycles. The van der Waals surface area contributed by atoms with Gasteiger partial charge in [0.15, 0.2) is 17.5 Å². The van der Waals surface area contributed by atoms with Crippen LogP contribution < -0.4 is 15.9 Å². The van der Waals surface area contributed by atoms with Gasteiger partial charge in [-0.1, -0.05) is 158 Å². The fraction of sp³-hybridized carbons (Fsp3) is 0. The van der Waals surface area contributed by atoms with Gasteiger partial charge in [-0.2, -0.15) is 0 Å². The summed E-state index contributed by atoms with van der Waals surface area (Å²) in [4.78, 5) is 14.9. The highest BCUT2D eigenvalue weighted by Gasteiger charge is 2.32. The summed E-state index contributed by atoms with van der Waals surface area (Å²) in [5.41, 5.74) is 10.2. The molecule has 3 heterocycles. The molecular formula is C47H31N4P. The average Bonchev–Trinajstić information content (AvgIpc) is 3.51. The number of rotatable bonds is 5. The minimum atomic E-state index is -0.799. The quantitative estimate of drug-likeness (QED) is 0.170. The largest absolute Gasteiger partial charge is 0.309 e. The van der Waals surface area contributed by atoms with Gasteiger partial charge in [0.2, 0.25) is 0 Å². The first-order valence-corrected chi connectivity index (χ1v) is 18.8. The predicted octanol–water partition coefficient (Wildman–Crippen LogP) is 10.2. The zero-order valence-corrected chi connectivity index (χ0v) is 29.0. The topological polar surface area (TPSA) is 43.6 Å². The molecule has 0 bridgehead atoms. The smallest absolute Gasteiger partial charge is 0.164 e. The molecule has 0 amide bonds. The van der Waals surface area contributed by atoms with Crippen molar-refractivity contribution in [1.82, 2.24) is 19.5 Å². The Hall–Kier alpha value is -6.48. The van der Waals surface area contributed by atoms with E-state index in [-0.39, 0.29) is 0 Å². The monoisotopic (exact) mass is 682 g/mol. The van der Waals surface area contributed by atoms with E-state index >= 15 is 0 Å². The maximum Gasteiger partial charge on any atom is 0.164 e. The molecule has 0 N–H and O–H groups in total. The lowest BCUT2D eigenvalue weighted by Gasteiger charge is -2.22. The van der Waals surface area contributed by atoms with Crippen molar-refractivity contribution >= 4 is 34.7 Å². The molecule has 5 heteroatoms. The number of benzene rings is 7. The molecule has 1 unspecified atom stereocenters. The molecule has 1 aliphatic rings. The van der Waals surface area contributed by atoms with E-state index < -0.39 is 7.92 Å². The third-order valence-corrected chi connectivity index (χ3v) is 12.3. The van der Waals surface area contributed by atoms with E-state index in [0.717, 1.165) is 22.4 Å². The van der Waals surface area contributed by atoms with Crippen LogP contribution >= 0.6 is 7.92 Å². The zero-order valence-electron chi connectivity index (χ0n) is 28.1. The molecule has 244 valence electrons.